The van der Waals surface area contributed by atoms with Gasteiger partial charge in [-0.2, -0.15) is 0 Å². The Hall–Kier alpha value is -4.34. The van der Waals surface area contributed by atoms with Gasteiger partial charge in [-0.05, 0) is 48.5 Å². The molecule has 288 valence electrons. The number of aliphatic hydroxyl groups is 8. The van der Waals surface area contributed by atoms with Crippen molar-refractivity contribution in [3.8, 4) is 23.0 Å². The van der Waals surface area contributed by atoms with Crippen molar-refractivity contribution in [2.75, 3.05) is 26.4 Å². The maximum absolute atomic E-state index is 11.7. The monoisotopic (exact) mass is 740 g/mol. The van der Waals surface area contributed by atoms with Crippen LogP contribution in [-0.2, 0) is 28.5 Å². The third-order valence-corrected chi connectivity index (χ3v) is 7.68. The Morgan fingerprint density at radius 3 is 1.19 bits per heavy atom. The molecule has 0 aromatic heterocycles. The molecule has 2 aromatic rings. The SMILES string of the molecule is C=C(CCO)C(=O)OC[C@H]1O[C@@H](Oc2ccc(O)cc2)[C@H](O)[C@@H](O)[C@@H]1O.C=C(CCO)C(=O)OC[C@H]1O[C@@H](Oc2ccc(O)cc2)[C@H](O)[C@@H](O)[C@@H]1O. The van der Waals surface area contributed by atoms with Crippen LogP contribution in [0, 0.1) is 0 Å². The normalized spacial score (nSPS) is 28.4. The van der Waals surface area contributed by atoms with Gasteiger partial charge in [-0.15, -0.1) is 0 Å². The van der Waals surface area contributed by atoms with Gasteiger partial charge in [0.15, 0.2) is 0 Å². The third-order valence-electron chi connectivity index (χ3n) is 7.68. The summed E-state index contributed by atoms with van der Waals surface area (Å²) in [5, 5.41) is 96.1. The summed E-state index contributed by atoms with van der Waals surface area (Å²) in [4.78, 5) is 23.4. The summed E-state index contributed by atoms with van der Waals surface area (Å²) in [5.41, 5.74) is 0.102. The molecule has 52 heavy (non-hydrogen) atoms. The van der Waals surface area contributed by atoms with Gasteiger partial charge >= 0.3 is 11.9 Å². The molecule has 10 atom stereocenters. The molecule has 2 fully saturated rings. The number of hydrogen-bond acceptors (Lipinski definition) is 18. The van der Waals surface area contributed by atoms with Crippen molar-refractivity contribution in [3.63, 3.8) is 0 Å². The van der Waals surface area contributed by atoms with Crippen molar-refractivity contribution >= 4 is 11.9 Å². The lowest BCUT2D eigenvalue weighted by Crippen LogP contribution is -2.60. The van der Waals surface area contributed by atoms with Crippen LogP contribution < -0.4 is 9.47 Å². The van der Waals surface area contributed by atoms with Gasteiger partial charge in [0.25, 0.3) is 0 Å². The maximum atomic E-state index is 11.7. The number of hydrogen-bond donors (Lipinski definition) is 10. The number of rotatable bonds is 14. The molecular weight excluding hydrogens is 696 g/mol. The number of ether oxygens (including phenoxy) is 6. The minimum absolute atomic E-state index is 0.0193. The zero-order chi connectivity index (χ0) is 38.5. The number of phenols is 2. The Morgan fingerprint density at radius 2 is 0.885 bits per heavy atom. The number of carbonyl (C=O) groups is 2. The highest BCUT2D eigenvalue weighted by Crippen LogP contribution is 2.27. The van der Waals surface area contributed by atoms with Gasteiger partial charge in [0.05, 0.1) is 0 Å². The highest BCUT2D eigenvalue weighted by atomic mass is 16.7. The second-order valence-corrected chi connectivity index (χ2v) is 11.6. The van der Waals surface area contributed by atoms with E-state index < -0.39 is 86.6 Å². The van der Waals surface area contributed by atoms with Crippen LogP contribution in [0.5, 0.6) is 23.0 Å². The number of phenolic OH excluding ortho intramolecular Hbond substituents is 2. The zero-order valence-corrected chi connectivity index (χ0v) is 27.8. The molecule has 0 amide bonds. The molecule has 2 aromatic carbocycles. The number of aromatic hydroxyl groups is 2. The van der Waals surface area contributed by atoms with Crippen LogP contribution in [0.25, 0.3) is 0 Å². The molecule has 18 heteroatoms. The van der Waals surface area contributed by atoms with E-state index in [0.717, 1.165) is 0 Å². The van der Waals surface area contributed by atoms with Gasteiger partial charge in [-0.1, -0.05) is 13.2 Å². The minimum Gasteiger partial charge on any atom is -0.508 e. The van der Waals surface area contributed by atoms with Gasteiger partial charge < -0.3 is 79.5 Å². The fourth-order valence-electron chi connectivity index (χ4n) is 4.61. The average molecular weight is 741 g/mol. The molecule has 10 N–H and O–H groups in total. The lowest BCUT2D eigenvalue weighted by molar-refractivity contribution is -0.278. The summed E-state index contributed by atoms with van der Waals surface area (Å²) in [5.74, 6) is -1.00. The molecule has 0 saturated carbocycles. The first-order chi connectivity index (χ1) is 24.7. The topological polar surface area (TPSA) is 292 Å². The van der Waals surface area contributed by atoms with Crippen LogP contribution in [0.3, 0.4) is 0 Å². The molecule has 0 spiro atoms. The highest BCUT2D eigenvalue weighted by Gasteiger charge is 2.46. The minimum atomic E-state index is -1.59. The van der Waals surface area contributed by atoms with Crippen molar-refractivity contribution in [1.82, 2.24) is 0 Å². The smallest absolute Gasteiger partial charge is 0.333 e. The fourth-order valence-corrected chi connectivity index (χ4v) is 4.61. The van der Waals surface area contributed by atoms with E-state index in [9.17, 15) is 50.4 Å². The third kappa shape index (κ3) is 11.9. The predicted molar refractivity (Wildman–Crippen MR) is 174 cm³/mol. The number of aliphatic hydroxyl groups excluding tert-OH is 8. The van der Waals surface area contributed by atoms with E-state index in [0.29, 0.717) is 0 Å². The van der Waals surface area contributed by atoms with Gasteiger partial charge in [0, 0.05) is 37.2 Å². The molecule has 4 rings (SSSR count). The summed E-state index contributed by atoms with van der Waals surface area (Å²) >= 11 is 0. The molecule has 0 unspecified atom stereocenters. The van der Waals surface area contributed by atoms with E-state index in [1.807, 2.05) is 0 Å². The van der Waals surface area contributed by atoms with Crippen LogP contribution in [0.15, 0.2) is 72.8 Å². The molecule has 18 nitrogen and oxygen atoms in total. The van der Waals surface area contributed by atoms with E-state index >= 15 is 0 Å². The Balaban J connectivity index is 0.000000280. The van der Waals surface area contributed by atoms with Crippen molar-refractivity contribution in [2.45, 2.75) is 74.3 Å². The summed E-state index contributed by atoms with van der Waals surface area (Å²) in [6.07, 6.45) is -14.2. The standard InChI is InChI=1S/2C17H22O9/c2*1-9(6-7-18)16(23)24-8-12-13(20)14(21)15(22)17(26-12)25-11-4-2-10(19)3-5-11/h2*2-5,12-15,17-22H,1,6-8H2/t2*12-,13-,14+,15-,17-/m11/s1. The number of carbonyl (C=O) groups excluding carboxylic acids is 2. The quantitative estimate of drug-likeness (QED) is 0.0749. The van der Waals surface area contributed by atoms with E-state index in [4.69, 9.17) is 38.6 Å². The maximum Gasteiger partial charge on any atom is 0.333 e. The van der Waals surface area contributed by atoms with E-state index in [-0.39, 0.29) is 60.2 Å². The molecule has 0 radical (unpaired) electrons. The van der Waals surface area contributed by atoms with Gasteiger partial charge in [0.2, 0.25) is 12.6 Å². The second kappa shape index (κ2) is 20.0. The van der Waals surface area contributed by atoms with E-state index in [1.54, 1.807) is 0 Å². The molecule has 0 aliphatic carbocycles. The first-order valence-corrected chi connectivity index (χ1v) is 15.9. The lowest BCUT2D eigenvalue weighted by Gasteiger charge is -2.39. The first kappa shape index (κ1) is 42.1. The molecule has 2 heterocycles. The van der Waals surface area contributed by atoms with E-state index in [2.05, 4.69) is 13.2 Å². The average Bonchev–Trinajstić information content (AvgIpc) is 3.13. The van der Waals surface area contributed by atoms with Gasteiger partial charge in [0.1, 0.15) is 85.0 Å². The molecule has 2 aliphatic rings. The number of esters is 2. The summed E-state index contributed by atoms with van der Waals surface area (Å²) in [7, 11) is 0. The lowest BCUT2D eigenvalue weighted by atomic mass is 9.99. The highest BCUT2D eigenvalue weighted by molar-refractivity contribution is 5.88. The van der Waals surface area contributed by atoms with Crippen molar-refractivity contribution < 1.29 is 89.1 Å². The molecule has 2 aliphatic heterocycles. The van der Waals surface area contributed by atoms with Crippen molar-refractivity contribution in [3.05, 3.63) is 72.8 Å². The fraction of sp³-hybridized carbons (Fsp3) is 0.471. The Kier molecular flexibility index (Phi) is 16.2. The predicted octanol–water partition coefficient (Wildman–Crippen LogP) is -1.88. The first-order valence-electron chi connectivity index (χ1n) is 15.9. The van der Waals surface area contributed by atoms with E-state index in [1.165, 1.54) is 48.5 Å². The van der Waals surface area contributed by atoms with Gasteiger partial charge in [-0.3, -0.25) is 0 Å². The Labute approximate surface area is 297 Å². The van der Waals surface area contributed by atoms with Crippen molar-refractivity contribution in [2.24, 2.45) is 0 Å². The van der Waals surface area contributed by atoms with Gasteiger partial charge in [-0.25, -0.2) is 9.59 Å². The second-order valence-electron chi connectivity index (χ2n) is 11.6. The zero-order valence-electron chi connectivity index (χ0n) is 27.8. The Morgan fingerprint density at radius 1 is 0.558 bits per heavy atom. The summed E-state index contributed by atoms with van der Waals surface area (Å²) < 4.78 is 31.5. The molecule has 2 saturated heterocycles. The molecule has 0 bridgehead atoms. The summed E-state index contributed by atoms with van der Waals surface area (Å²) in [6.45, 7) is 5.57. The van der Waals surface area contributed by atoms with Crippen LogP contribution in [0.4, 0.5) is 0 Å². The van der Waals surface area contributed by atoms with Crippen LogP contribution in [0.2, 0.25) is 0 Å². The largest absolute Gasteiger partial charge is 0.508 e. The van der Waals surface area contributed by atoms with Crippen LogP contribution in [-0.4, -0.2) is 151 Å². The van der Waals surface area contributed by atoms with Crippen molar-refractivity contribution in [1.29, 1.82) is 0 Å². The number of benzene rings is 2. The molecular formula is C34H44O18. The Bertz CT molecular complexity index is 1340. The van der Waals surface area contributed by atoms with Crippen LogP contribution >= 0.6 is 0 Å². The van der Waals surface area contributed by atoms with Crippen LogP contribution in [0.1, 0.15) is 12.8 Å². The summed E-state index contributed by atoms with van der Waals surface area (Å²) in [6, 6.07) is 11.2.